The van der Waals surface area contributed by atoms with Crippen LogP contribution in [0.15, 0.2) is 29.4 Å². The molecule has 0 unspecified atom stereocenters. The SMILES string of the molecule is C[C@H](Sc1nnnn1C1CCCC1)C(=O)N[C@H]1CCCc2ccccc21. The molecule has 1 amide bonds. The Kier molecular flexibility index (Phi) is 5.24. The van der Waals surface area contributed by atoms with Gasteiger partial charge in [-0.05, 0) is 60.6 Å². The molecule has 2 aliphatic rings. The van der Waals surface area contributed by atoms with Gasteiger partial charge in [0.2, 0.25) is 11.1 Å². The third kappa shape index (κ3) is 3.63. The molecule has 4 rings (SSSR count). The lowest BCUT2D eigenvalue weighted by atomic mass is 9.88. The van der Waals surface area contributed by atoms with Crippen molar-refractivity contribution in [2.75, 3.05) is 0 Å². The van der Waals surface area contributed by atoms with Gasteiger partial charge in [0, 0.05) is 0 Å². The molecular weight excluding hydrogens is 346 g/mol. The lowest BCUT2D eigenvalue weighted by Gasteiger charge is -2.27. The van der Waals surface area contributed by atoms with Crippen LogP contribution in [-0.4, -0.2) is 31.4 Å². The Morgan fingerprint density at radius 2 is 2.04 bits per heavy atom. The van der Waals surface area contributed by atoms with Gasteiger partial charge >= 0.3 is 0 Å². The number of aromatic nitrogens is 4. The van der Waals surface area contributed by atoms with E-state index in [1.165, 1.54) is 35.7 Å². The number of carbonyl (C=O) groups is 1. The fourth-order valence-electron chi connectivity index (χ4n) is 4.05. The average molecular weight is 372 g/mol. The summed E-state index contributed by atoms with van der Waals surface area (Å²) in [5.74, 6) is 0.0534. The van der Waals surface area contributed by atoms with Crippen LogP contribution in [0.4, 0.5) is 0 Å². The minimum absolute atomic E-state index is 0.0534. The number of tetrazole rings is 1. The van der Waals surface area contributed by atoms with Crippen molar-refractivity contribution in [2.24, 2.45) is 0 Å². The summed E-state index contributed by atoms with van der Waals surface area (Å²) in [6.07, 6.45) is 7.92. The number of nitrogens with zero attached hydrogens (tertiary/aromatic N) is 4. The van der Waals surface area contributed by atoms with Gasteiger partial charge < -0.3 is 5.32 Å². The topological polar surface area (TPSA) is 72.7 Å². The predicted octanol–water partition coefficient (Wildman–Crippen LogP) is 3.46. The Morgan fingerprint density at radius 1 is 1.23 bits per heavy atom. The van der Waals surface area contributed by atoms with E-state index >= 15 is 0 Å². The summed E-state index contributed by atoms with van der Waals surface area (Å²) in [6.45, 7) is 1.93. The molecule has 0 bridgehead atoms. The highest BCUT2D eigenvalue weighted by atomic mass is 32.2. The van der Waals surface area contributed by atoms with Gasteiger partial charge in [-0.1, -0.05) is 48.9 Å². The fraction of sp³-hybridized carbons (Fsp3) is 0.579. The first kappa shape index (κ1) is 17.5. The second-order valence-electron chi connectivity index (χ2n) is 7.26. The number of hydrogen-bond acceptors (Lipinski definition) is 5. The first-order valence-corrected chi connectivity index (χ1v) is 10.4. The third-order valence-electron chi connectivity index (χ3n) is 5.47. The summed E-state index contributed by atoms with van der Waals surface area (Å²) in [5, 5.41) is 15.9. The third-order valence-corrected chi connectivity index (χ3v) is 6.52. The van der Waals surface area contributed by atoms with Gasteiger partial charge in [-0.25, -0.2) is 4.68 Å². The molecule has 7 heteroatoms. The number of rotatable bonds is 5. The Labute approximate surface area is 158 Å². The van der Waals surface area contributed by atoms with Crippen LogP contribution in [0.25, 0.3) is 0 Å². The van der Waals surface area contributed by atoms with Gasteiger partial charge in [0.1, 0.15) is 0 Å². The van der Waals surface area contributed by atoms with Crippen LogP contribution in [0.1, 0.15) is 68.7 Å². The zero-order valence-corrected chi connectivity index (χ0v) is 15.9. The number of fused-ring (bicyclic) bond motifs is 1. The number of aryl methyl sites for hydroxylation is 1. The summed E-state index contributed by atoms with van der Waals surface area (Å²) in [6, 6.07) is 8.93. The monoisotopic (exact) mass is 371 g/mol. The highest BCUT2D eigenvalue weighted by Gasteiger charge is 2.27. The predicted molar refractivity (Wildman–Crippen MR) is 101 cm³/mol. The normalized spacial score (nSPS) is 21.3. The van der Waals surface area contributed by atoms with E-state index in [-0.39, 0.29) is 17.2 Å². The number of amides is 1. The minimum Gasteiger partial charge on any atom is -0.348 e. The molecular formula is C19H25N5OS. The molecule has 0 saturated heterocycles. The molecule has 1 aromatic carbocycles. The molecule has 26 heavy (non-hydrogen) atoms. The lowest BCUT2D eigenvalue weighted by Crippen LogP contribution is -2.36. The second-order valence-corrected chi connectivity index (χ2v) is 8.56. The average Bonchev–Trinajstić information content (AvgIpc) is 3.33. The first-order chi connectivity index (χ1) is 12.7. The van der Waals surface area contributed by atoms with E-state index in [2.05, 4.69) is 45.1 Å². The van der Waals surface area contributed by atoms with Gasteiger partial charge in [-0.3, -0.25) is 4.79 Å². The van der Waals surface area contributed by atoms with E-state index in [4.69, 9.17) is 0 Å². The van der Waals surface area contributed by atoms with E-state index in [9.17, 15) is 4.79 Å². The summed E-state index contributed by atoms with van der Waals surface area (Å²) >= 11 is 1.46. The fourth-order valence-corrected chi connectivity index (χ4v) is 4.91. The summed E-state index contributed by atoms with van der Waals surface area (Å²) in [4.78, 5) is 12.8. The van der Waals surface area contributed by atoms with Crippen molar-refractivity contribution in [1.82, 2.24) is 25.5 Å². The highest BCUT2D eigenvalue weighted by molar-refractivity contribution is 8.00. The van der Waals surface area contributed by atoms with Crippen molar-refractivity contribution in [3.63, 3.8) is 0 Å². The quantitative estimate of drug-likeness (QED) is 0.815. The molecule has 2 aliphatic carbocycles. The van der Waals surface area contributed by atoms with Crippen LogP contribution in [0.3, 0.4) is 0 Å². The Balaban J connectivity index is 1.41. The van der Waals surface area contributed by atoms with Crippen LogP contribution >= 0.6 is 11.8 Å². The molecule has 0 aliphatic heterocycles. The number of carbonyl (C=O) groups excluding carboxylic acids is 1. The Morgan fingerprint density at radius 3 is 2.88 bits per heavy atom. The Bertz CT molecular complexity index is 771. The van der Waals surface area contributed by atoms with Crippen molar-refractivity contribution >= 4 is 17.7 Å². The second kappa shape index (κ2) is 7.78. The first-order valence-electron chi connectivity index (χ1n) is 9.55. The molecule has 1 N–H and O–H groups in total. The zero-order valence-electron chi connectivity index (χ0n) is 15.1. The van der Waals surface area contributed by atoms with Crippen molar-refractivity contribution < 1.29 is 4.79 Å². The molecule has 2 atom stereocenters. The van der Waals surface area contributed by atoms with E-state index in [0.717, 1.165) is 37.3 Å². The van der Waals surface area contributed by atoms with Gasteiger partial charge in [0.15, 0.2) is 0 Å². The number of thioether (sulfide) groups is 1. The van der Waals surface area contributed by atoms with Crippen LogP contribution in [0.2, 0.25) is 0 Å². The molecule has 138 valence electrons. The largest absolute Gasteiger partial charge is 0.348 e. The maximum Gasteiger partial charge on any atom is 0.233 e. The molecule has 2 aromatic rings. The maximum absolute atomic E-state index is 12.8. The van der Waals surface area contributed by atoms with E-state index in [0.29, 0.717) is 6.04 Å². The summed E-state index contributed by atoms with van der Waals surface area (Å²) in [5.41, 5.74) is 2.62. The summed E-state index contributed by atoms with van der Waals surface area (Å²) in [7, 11) is 0. The molecule has 1 heterocycles. The minimum atomic E-state index is -0.227. The van der Waals surface area contributed by atoms with Crippen molar-refractivity contribution in [1.29, 1.82) is 0 Å². The van der Waals surface area contributed by atoms with Crippen LogP contribution in [-0.2, 0) is 11.2 Å². The van der Waals surface area contributed by atoms with Crippen LogP contribution < -0.4 is 5.32 Å². The van der Waals surface area contributed by atoms with E-state index in [1.54, 1.807) is 0 Å². The van der Waals surface area contributed by atoms with Gasteiger partial charge in [0.05, 0.1) is 17.3 Å². The van der Waals surface area contributed by atoms with Crippen molar-refractivity contribution in [2.45, 2.75) is 74.4 Å². The summed E-state index contributed by atoms with van der Waals surface area (Å²) < 4.78 is 1.91. The van der Waals surface area contributed by atoms with Crippen LogP contribution in [0.5, 0.6) is 0 Å². The standard InChI is InChI=1S/C19H25N5OS/c1-13(26-19-21-22-23-24(19)15-9-3-4-10-15)18(25)20-17-12-6-8-14-7-2-5-11-16(14)17/h2,5,7,11,13,15,17H,3-4,6,8-10,12H2,1H3,(H,20,25)/t13-,17-/m0/s1. The zero-order chi connectivity index (χ0) is 17.9. The van der Waals surface area contributed by atoms with Crippen molar-refractivity contribution in [3.8, 4) is 0 Å². The van der Waals surface area contributed by atoms with Gasteiger partial charge in [0.25, 0.3) is 0 Å². The smallest absolute Gasteiger partial charge is 0.233 e. The molecule has 0 spiro atoms. The molecule has 0 radical (unpaired) electrons. The maximum atomic E-state index is 12.8. The molecule has 6 nitrogen and oxygen atoms in total. The molecule has 1 fully saturated rings. The number of benzene rings is 1. The highest BCUT2D eigenvalue weighted by Crippen LogP contribution is 2.33. The van der Waals surface area contributed by atoms with Crippen molar-refractivity contribution in [3.05, 3.63) is 35.4 Å². The molecule has 1 aromatic heterocycles. The van der Waals surface area contributed by atoms with Gasteiger partial charge in [-0.2, -0.15) is 0 Å². The number of nitrogens with one attached hydrogen (secondary N) is 1. The van der Waals surface area contributed by atoms with Gasteiger partial charge in [-0.15, -0.1) is 5.10 Å². The van der Waals surface area contributed by atoms with E-state index in [1.807, 2.05) is 11.6 Å². The number of hydrogen-bond donors (Lipinski definition) is 1. The molecule has 1 saturated carbocycles. The lowest BCUT2D eigenvalue weighted by molar-refractivity contribution is -0.121. The Hall–Kier alpha value is -1.89. The van der Waals surface area contributed by atoms with Crippen LogP contribution in [0, 0.1) is 0 Å². The van der Waals surface area contributed by atoms with E-state index < -0.39 is 0 Å².